The molecule has 1 unspecified atom stereocenters. The lowest BCUT2D eigenvalue weighted by Crippen LogP contribution is -2.18. The van der Waals surface area contributed by atoms with Crippen molar-refractivity contribution < 1.29 is 5.11 Å². The van der Waals surface area contributed by atoms with Gasteiger partial charge in [0.2, 0.25) is 0 Å². The third kappa shape index (κ3) is 2.08. The van der Waals surface area contributed by atoms with E-state index in [1.807, 2.05) is 24.3 Å². The van der Waals surface area contributed by atoms with E-state index in [1.165, 1.54) is 0 Å². The highest BCUT2D eigenvalue weighted by molar-refractivity contribution is 6.30. The van der Waals surface area contributed by atoms with Crippen molar-refractivity contribution in [3.05, 3.63) is 40.7 Å². The van der Waals surface area contributed by atoms with Crippen LogP contribution >= 0.6 is 11.6 Å². The van der Waals surface area contributed by atoms with E-state index < -0.39 is 0 Å². The largest absolute Gasteiger partial charge is 0.393 e. The molecule has 4 heteroatoms. The van der Waals surface area contributed by atoms with Crippen molar-refractivity contribution in [1.29, 1.82) is 0 Å². The summed E-state index contributed by atoms with van der Waals surface area (Å²) in [4.78, 5) is 7.85. The number of fused-ring (bicyclic) bond motifs is 1. The Hall–Kier alpha value is -1.32. The van der Waals surface area contributed by atoms with E-state index in [0.29, 0.717) is 11.4 Å². The summed E-state index contributed by atoms with van der Waals surface area (Å²) in [6.07, 6.45) is 2.07. The average molecular weight is 249 g/mol. The number of aromatic amines is 1. The number of halogens is 1. The summed E-state index contributed by atoms with van der Waals surface area (Å²) in [5.41, 5.74) is 3.12. The molecule has 3 nitrogen and oxygen atoms in total. The molecule has 2 aromatic rings. The molecule has 2 N–H and O–H groups in total. The van der Waals surface area contributed by atoms with Crippen LogP contribution in [-0.4, -0.2) is 21.2 Å². The topological polar surface area (TPSA) is 48.9 Å². The van der Waals surface area contributed by atoms with E-state index in [9.17, 15) is 5.11 Å². The summed E-state index contributed by atoms with van der Waals surface area (Å²) in [6.45, 7) is 0. The van der Waals surface area contributed by atoms with Gasteiger partial charge in [-0.3, -0.25) is 0 Å². The molecule has 1 aromatic carbocycles. The third-order valence-corrected chi connectivity index (χ3v) is 3.35. The van der Waals surface area contributed by atoms with Crippen LogP contribution < -0.4 is 0 Å². The molecule has 0 aliphatic heterocycles. The van der Waals surface area contributed by atoms with Crippen LogP contribution in [0, 0.1) is 0 Å². The molecule has 0 fully saturated rings. The number of rotatable bonds is 1. The molecule has 0 radical (unpaired) electrons. The molecule has 0 saturated heterocycles. The van der Waals surface area contributed by atoms with E-state index >= 15 is 0 Å². The van der Waals surface area contributed by atoms with Crippen LogP contribution in [0.15, 0.2) is 24.3 Å². The summed E-state index contributed by atoms with van der Waals surface area (Å²) < 4.78 is 0. The Morgan fingerprint density at radius 3 is 3.12 bits per heavy atom. The van der Waals surface area contributed by atoms with E-state index in [0.717, 1.165) is 35.6 Å². The summed E-state index contributed by atoms with van der Waals surface area (Å²) in [5, 5.41) is 10.3. The number of imidazole rings is 1. The van der Waals surface area contributed by atoms with Crippen LogP contribution in [0.2, 0.25) is 5.02 Å². The molecule has 1 aliphatic carbocycles. The first-order valence-electron chi connectivity index (χ1n) is 5.74. The maximum atomic E-state index is 9.61. The fourth-order valence-corrected chi connectivity index (χ4v) is 2.42. The lowest BCUT2D eigenvalue weighted by molar-refractivity contribution is 0.157. The lowest BCUT2D eigenvalue weighted by atomic mass is 9.99. The number of aromatic nitrogens is 2. The van der Waals surface area contributed by atoms with E-state index in [-0.39, 0.29) is 6.10 Å². The molecule has 1 heterocycles. The highest BCUT2D eigenvalue weighted by atomic mass is 35.5. The van der Waals surface area contributed by atoms with Crippen molar-refractivity contribution in [3.8, 4) is 11.4 Å². The predicted octanol–water partition coefficient (Wildman–Crippen LogP) is 2.58. The molecular formula is C13H13ClN2O. The Labute approximate surface area is 104 Å². The number of nitrogens with one attached hydrogen (secondary N) is 1. The van der Waals surface area contributed by atoms with Gasteiger partial charge >= 0.3 is 0 Å². The van der Waals surface area contributed by atoms with Crippen LogP contribution in [0.1, 0.15) is 17.8 Å². The van der Waals surface area contributed by atoms with Crippen molar-refractivity contribution in [1.82, 2.24) is 9.97 Å². The standard InChI is InChI=1S/C13H13ClN2O/c14-9-3-1-2-8(6-9)13-15-11-5-4-10(17)7-12(11)16-13/h1-3,6,10,17H,4-5,7H2,(H,15,16). The van der Waals surface area contributed by atoms with Gasteiger partial charge in [-0.05, 0) is 25.0 Å². The van der Waals surface area contributed by atoms with Crippen LogP contribution in [0.4, 0.5) is 0 Å². The molecule has 1 atom stereocenters. The van der Waals surface area contributed by atoms with Crippen LogP contribution in [-0.2, 0) is 12.8 Å². The number of hydrogen-bond acceptors (Lipinski definition) is 2. The molecular weight excluding hydrogens is 236 g/mol. The minimum absolute atomic E-state index is 0.241. The van der Waals surface area contributed by atoms with Gasteiger partial charge in [0.25, 0.3) is 0 Å². The first-order valence-corrected chi connectivity index (χ1v) is 6.12. The fourth-order valence-electron chi connectivity index (χ4n) is 2.23. The first kappa shape index (κ1) is 10.8. The number of H-pyrrole nitrogens is 1. The van der Waals surface area contributed by atoms with Gasteiger partial charge in [0.15, 0.2) is 0 Å². The van der Waals surface area contributed by atoms with Gasteiger partial charge in [0.1, 0.15) is 5.82 Å². The van der Waals surface area contributed by atoms with Gasteiger partial charge in [-0.1, -0.05) is 23.7 Å². The van der Waals surface area contributed by atoms with Gasteiger partial charge in [-0.2, -0.15) is 0 Å². The first-order chi connectivity index (χ1) is 8.22. The number of aliphatic hydroxyl groups excluding tert-OH is 1. The number of aryl methyl sites for hydroxylation is 1. The zero-order valence-corrected chi connectivity index (χ0v) is 10.0. The zero-order valence-electron chi connectivity index (χ0n) is 9.28. The van der Waals surface area contributed by atoms with Gasteiger partial charge in [-0.25, -0.2) is 4.98 Å². The summed E-state index contributed by atoms with van der Waals surface area (Å²) in [6, 6.07) is 7.63. The normalized spacial score (nSPS) is 19.1. The molecule has 3 rings (SSSR count). The Balaban J connectivity index is 2.00. The number of hydrogen-bond donors (Lipinski definition) is 2. The second kappa shape index (κ2) is 4.17. The van der Waals surface area contributed by atoms with E-state index in [1.54, 1.807) is 0 Å². The van der Waals surface area contributed by atoms with Crippen molar-refractivity contribution in [2.45, 2.75) is 25.4 Å². The van der Waals surface area contributed by atoms with E-state index in [2.05, 4.69) is 9.97 Å². The molecule has 1 aliphatic rings. The van der Waals surface area contributed by atoms with Gasteiger partial charge in [-0.15, -0.1) is 0 Å². The minimum atomic E-state index is -0.241. The molecule has 1 aromatic heterocycles. The van der Waals surface area contributed by atoms with Gasteiger partial charge in [0.05, 0.1) is 11.8 Å². The van der Waals surface area contributed by atoms with Crippen molar-refractivity contribution in [3.63, 3.8) is 0 Å². The monoisotopic (exact) mass is 248 g/mol. The SMILES string of the molecule is OC1CCc2nc(-c3cccc(Cl)c3)[nH]c2C1. The second-order valence-corrected chi connectivity index (χ2v) is 4.85. The second-order valence-electron chi connectivity index (χ2n) is 4.42. The predicted molar refractivity (Wildman–Crippen MR) is 67.1 cm³/mol. The number of benzene rings is 1. The van der Waals surface area contributed by atoms with Crippen LogP contribution in [0.3, 0.4) is 0 Å². The third-order valence-electron chi connectivity index (χ3n) is 3.12. The minimum Gasteiger partial charge on any atom is -0.393 e. The Morgan fingerprint density at radius 1 is 1.41 bits per heavy atom. The lowest BCUT2D eigenvalue weighted by Gasteiger charge is -2.14. The Morgan fingerprint density at radius 2 is 2.29 bits per heavy atom. The molecule has 0 bridgehead atoms. The van der Waals surface area contributed by atoms with Crippen molar-refractivity contribution >= 4 is 11.6 Å². The summed E-state index contributed by atoms with van der Waals surface area (Å²) in [7, 11) is 0. The average Bonchev–Trinajstić information content (AvgIpc) is 2.72. The summed E-state index contributed by atoms with van der Waals surface area (Å²) in [5.74, 6) is 0.839. The summed E-state index contributed by atoms with van der Waals surface area (Å²) >= 11 is 5.96. The fraction of sp³-hybridized carbons (Fsp3) is 0.308. The van der Waals surface area contributed by atoms with Gasteiger partial charge in [0, 0.05) is 22.7 Å². The molecule has 17 heavy (non-hydrogen) atoms. The molecule has 88 valence electrons. The Bertz CT molecular complexity index is 550. The smallest absolute Gasteiger partial charge is 0.137 e. The number of nitrogens with zero attached hydrogens (tertiary/aromatic N) is 1. The van der Waals surface area contributed by atoms with Crippen molar-refractivity contribution in [2.24, 2.45) is 0 Å². The number of aliphatic hydroxyl groups is 1. The quantitative estimate of drug-likeness (QED) is 0.815. The van der Waals surface area contributed by atoms with Gasteiger partial charge < -0.3 is 10.1 Å². The zero-order chi connectivity index (χ0) is 11.8. The molecule has 0 saturated carbocycles. The van der Waals surface area contributed by atoms with E-state index in [4.69, 9.17) is 11.6 Å². The maximum Gasteiger partial charge on any atom is 0.137 e. The molecule has 0 amide bonds. The molecule has 0 spiro atoms. The van der Waals surface area contributed by atoms with Crippen LogP contribution in [0.25, 0.3) is 11.4 Å². The van der Waals surface area contributed by atoms with Crippen molar-refractivity contribution in [2.75, 3.05) is 0 Å². The Kier molecular flexibility index (Phi) is 2.65. The maximum absolute atomic E-state index is 9.61. The van der Waals surface area contributed by atoms with Crippen LogP contribution in [0.5, 0.6) is 0 Å². The highest BCUT2D eigenvalue weighted by Crippen LogP contribution is 2.25. The highest BCUT2D eigenvalue weighted by Gasteiger charge is 2.20.